The van der Waals surface area contributed by atoms with E-state index in [2.05, 4.69) is 23.3 Å². The Morgan fingerprint density at radius 1 is 1.45 bits per heavy atom. The third-order valence-corrected chi connectivity index (χ3v) is 5.03. The molecule has 3 nitrogen and oxygen atoms in total. The lowest BCUT2D eigenvalue weighted by Gasteiger charge is -2.33. The van der Waals surface area contributed by atoms with Crippen molar-refractivity contribution in [3.8, 4) is 0 Å². The van der Waals surface area contributed by atoms with E-state index in [4.69, 9.17) is 4.74 Å². The van der Waals surface area contributed by atoms with Crippen LogP contribution in [0.4, 0.5) is 0 Å². The van der Waals surface area contributed by atoms with Gasteiger partial charge in [-0.3, -0.25) is 9.69 Å². The molecule has 4 heteroatoms. The second kappa shape index (κ2) is 7.79. The Bertz CT molecular complexity index is 430. The quantitative estimate of drug-likeness (QED) is 0.566. The second-order valence-electron chi connectivity index (χ2n) is 5.38. The number of ether oxygens (including phenoxy) is 1. The van der Waals surface area contributed by atoms with Crippen molar-refractivity contribution in [1.29, 1.82) is 0 Å². The zero-order valence-electron chi connectivity index (χ0n) is 12.6. The van der Waals surface area contributed by atoms with Crippen molar-refractivity contribution < 1.29 is 9.53 Å². The molecule has 0 radical (unpaired) electrons. The average molecular weight is 295 g/mol. The van der Waals surface area contributed by atoms with Gasteiger partial charge in [-0.2, -0.15) is 0 Å². The van der Waals surface area contributed by atoms with Gasteiger partial charge in [-0.05, 0) is 56.7 Å². The molecule has 0 aliphatic carbocycles. The van der Waals surface area contributed by atoms with Crippen LogP contribution in [0.1, 0.15) is 56.0 Å². The predicted molar refractivity (Wildman–Crippen MR) is 83.1 cm³/mol. The highest BCUT2D eigenvalue weighted by Gasteiger charge is 2.23. The summed E-state index contributed by atoms with van der Waals surface area (Å²) in [7, 11) is 0. The summed E-state index contributed by atoms with van der Waals surface area (Å²) in [5, 5.41) is 2.21. The first-order valence-corrected chi connectivity index (χ1v) is 8.56. The molecule has 2 heterocycles. The zero-order chi connectivity index (χ0) is 14.4. The number of hydrogen-bond acceptors (Lipinski definition) is 4. The standard InChI is InChI=1S/C16H25NO2S/c1-3-19-16(18)7-5-4-6-10-17-11-8-15-14(13(17)2)9-12-20-15/h9,12-13H,3-8,10-11H2,1-2H3. The lowest BCUT2D eigenvalue weighted by Crippen LogP contribution is -2.33. The van der Waals surface area contributed by atoms with Gasteiger partial charge in [-0.25, -0.2) is 0 Å². The lowest BCUT2D eigenvalue weighted by atomic mass is 10.0. The van der Waals surface area contributed by atoms with E-state index in [9.17, 15) is 4.79 Å². The van der Waals surface area contributed by atoms with E-state index >= 15 is 0 Å². The number of carbonyl (C=O) groups is 1. The number of unbranched alkanes of at least 4 members (excludes halogenated alkanes) is 2. The van der Waals surface area contributed by atoms with Crippen LogP contribution >= 0.6 is 11.3 Å². The summed E-state index contributed by atoms with van der Waals surface area (Å²) in [5.74, 6) is -0.0539. The van der Waals surface area contributed by atoms with Gasteiger partial charge in [0.05, 0.1) is 6.61 Å². The van der Waals surface area contributed by atoms with E-state index < -0.39 is 0 Å². The summed E-state index contributed by atoms with van der Waals surface area (Å²) >= 11 is 1.89. The Balaban J connectivity index is 1.64. The molecule has 0 bridgehead atoms. The number of nitrogens with zero attached hydrogens (tertiary/aromatic N) is 1. The van der Waals surface area contributed by atoms with Gasteiger partial charge < -0.3 is 4.74 Å². The third-order valence-electron chi connectivity index (χ3n) is 4.04. The van der Waals surface area contributed by atoms with Crippen LogP contribution in [-0.2, 0) is 16.0 Å². The summed E-state index contributed by atoms with van der Waals surface area (Å²) in [6, 6.07) is 2.83. The normalized spacial score (nSPS) is 18.8. The molecule has 1 aromatic rings. The molecule has 20 heavy (non-hydrogen) atoms. The Kier molecular flexibility index (Phi) is 6.05. The summed E-state index contributed by atoms with van der Waals surface area (Å²) in [5.41, 5.74) is 1.52. The number of carbonyl (C=O) groups excluding carboxylic acids is 1. The van der Waals surface area contributed by atoms with Gasteiger partial charge in [-0.1, -0.05) is 6.42 Å². The van der Waals surface area contributed by atoms with E-state index in [1.165, 1.54) is 24.9 Å². The van der Waals surface area contributed by atoms with Crippen molar-refractivity contribution in [2.45, 2.75) is 52.0 Å². The fourth-order valence-electron chi connectivity index (χ4n) is 2.86. The Morgan fingerprint density at radius 3 is 3.10 bits per heavy atom. The van der Waals surface area contributed by atoms with Gasteiger partial charge >= 0.3 is 5.97 Å². The van der Waals surface area contributed by atoms with Crippen molar-refractivity contribution >= 4 is 17.3 Å². The average Bonchev–Trinajstić information content (AvgIpc) is 2.90. The molecule has 0 saturated heterocycles. The predicted octanol–water partition coefficient (Wildman–Crippen LogP) is 3.79. The van der Waals surface area contributed by atoms with Gasteiger partial charge in [-0.15, -0.1) is 11.3 Å². The molecule has 0 aromatic carbocycles. The molecule has 1 atom stereocenters. The minimum absolute atomic E-state index is 0.0539. The molecule has 1 aliphatic heterocycles. The first-order chi connectivity index (χ1) is 9.72. The first kappa shape index (κ1) is 15.5. The van der Waals surface area contributed by atoms with E-state index in [0.29, 0.717) is 19.1 Å². The highest BCUT2D eigenvalue weighted by Crippen LogP contribution is 2.32. The summed E-state index contributed by atoms with van der Waals surface area (Å²) in [6.07, 6.45) is 4.99. The van der Waals surface area contributed by atoms with Crippen molar-refractivity contribution in [2.75, 3.05) is 19.7 Å². The Hall–Kier alpha value is -0.870. The van der Waals surface area contributed by atoms with Crippen molar-refractivity contribution in [3.63, 3.8) is 0 Å². The Labute approximate surface area is 125 Å². The SMILES string of the molecule is CCOC(=O)CCCCCN1CCc2sccc2C1C. The molecule has 0 saturated carbocycles. The highest BCUT2D eigenvalue weighted by atomic mass is 32.1. The molecule has 1 aliphatic rings. The van der Waals surface area contributed by atoms with Crippen LogP contribution in [0.15, 0.2) is 11.4 Å². The molecule has 0 fully saturated rings. The van der Waals surface area contributed by atoms with Gasteiger partial charge in [0.25, 0.3) is 0 Å². The van der Waals surface area contributed by atoms with Crippen LogP contribution in [0.5, 0.6) is 0 Å². The topological polar surface area (TPSA) is 29.5 Å². The van der Waals surface area contributed by atoms with Crippen LogP contribution < -0.4 is 0 Å². The van der Waals surface area contributed by atoms with Crippen LogP contribution in [-0.4, -0.2) is 30.6 Å². The molecule has 0 spiro atoms. The van der Waals surface area contributed by atoms with Gasteiger partial charge in [0, 0.05) is 23.9 Å². The third kappa shape index (κ3) is 4.06. The maximum absolute atomic E-state index is 11.2. The van der Waals surface area contributed by atoms with E-state index in [1.54, 1.807) is 4.88 Å². The Morgan fingerprint density at radius 2 is 2.30 bits per heavy atom. The zero-order valence-corrected chi connectivity index (χ0v) is 13.4. The number of hydrogen-bond donors (Lipinski definition) is 0. The molecule has 1 unspecified atom stereocenters. The highest BCUT2D eigenvalue weighted by molar-refractivity contribution is 7.10. The van der Waals surface area contributed by atoms with Crippen molar-refractivity contribution in [3.05, 3.63) is 21.9 Å². The lowest BCUT2D eigenvalue weighted by molar-refractivity contribution is -0.143. The van der Waals surface area contributed by atoms with E-state index in [-0.39, 0.29) is 5.97 Å². The molecular weight excluding hydrogens is 270 g/mol. The summed E-state index contributed by atoms with van der Waals surface area (Å²) in [4.78, 5) is 15.4. The van der Waals surface area contributed by atoms with E-state index in [0.717, 1.165) is 19.4 Å². The van der Waals surface area contributed by atoms with Crippen LogP contribution in [0.2, 0.25) is 0 Å². The smallest absolute Gasteiger partial charge is 0.305 e. The summed E-state index contributed by atoms with van der Waals surface area (Å²) in [6.45, 7) is 6.97. The summed E-state index contributed by atoms with van der Waals surface area (Å²) < 4.78 is 4.94. The van der Waals surface area contributed by atoms with Crippen molar-refractivity contribution in [1.82, 2.24) is 4.90 Å². The molecule has 1 aromatic heterocycles. The van der Waals surface area contributed by atoms with Crippen LogP contribution in [0.3, 0.4) is 0 Å². The molecule has 0 amide bonds. The van der Waals surface area contributed by atoms with Crippen LogP contribution in [0, 0.1) is 0 Å². The molecular formula is C16H25NO2S. The fraction of sp³-hybridized carbons (Fsp3) is 0.688. The largest absolute Gasteiger partial charge is 0.466 e. The second-order valence-corrected chi connectivity index (χ2v) is 6.38. The molecule has 2 rings (SSSR count). The van der Waals surface area contributed by atoms with Gasteiger partial charge in [0.1, 0.15) is 0 Å². The maximum atomic E-state index is 11.2. The minimum atomic E-state index is -0.0539. The number of thiophene rings is 1. The molecule has 112 valence electrons. The minimum Gasteiger partial charge on any atom is -0.466 e. The van der Waals surface area contributed by atoms with Crippen LogP contribution in [0.25, 0.3) is 0 Å². The van der Waals surface area contributed by atoms with Gasteiger partial charge in [0.15, 0.2) is 0 Å². The fourth-order valence-corrected chi connectivity index (χ4v) is 3.82. The van der Waals surface area contributed by atoms with E-state index in [1.807, 2.05) is 18.3 Å². The number of rotatable bonds is 7. The monoisotopic (exact) mass is 295 g/mol. The maximum Gasteiger partial charge on any atom is 0.305 e. The van der Waals surface area contributed by atoms with Crippen molar-refractivity contribution in [2.24, 2.45) is 0 Å². The molecule has 0 N–H and O–H groups in total. The number of fused-ring (bicyclic) bond motifs is 1. The van der Waals surface area contributed by atoms with Gasteiger partial charge in [0.2, 0.25) is 0 Å². The first-order valence-electron chi connectivity index (χ1n) is 7.68. The number of esters is 1.